The highest BCUT2D eigenvalue weighted by atomic mass is 16.2. The number of H-pyrrole nitrogens is 1. The molecule has 1 fully saturated rings. The molecule has 0 aliphatic heterocycles. The lowest BCUT2D eigenvalue weighted by atomic mass is 9.95. The molecule has 4 N–H and O–H groups in total. The number of benzene rings is 1. The number of nitrogens with one attached hydrogen (secondary N) is 2. The van der Waals surface area contributed by atoms with E-state index in [9.17, 15) is 4.79 Å². The summed E-state index contributed by atoms with van der Waals surface area (Å²) < 4.78 is 0. The zero-order chi connectivity index (χ0) is 12.6. The Balaban J connectivity index is 1.82. The van der Waals surface area contributed by atoms with E-state index in [1.54, 1.807) is 12.4 Å². The lowest BCUT2D eigenvalue weighted by Crippen LogP contribution is -2.27. The van der Waals surface area contributed by atoms with Gasteiger partial charge < -0.3 is 11.1 Å². The van der Waals surface area contributed by atoms with Crippen LogP contribution in [0.2, 0.25) is 0 Å². The van der Waals surface area contributed by atoms with Crippen molar-refractivity contribution in [3.8, 4) is 0 Å². The molecule has 1 aromatic heterocycles. The maximum atomic E-state index is 12.3. The van der Waals surface area contributed by atoms with Crippen molar-refractivity contribution in [1.82, 2.24) is 10.2 Å². The van der Waals surface area contributed by atoms with Crippen molar-refractivity contribution in [1.29, 1.82) is 0 Å². The highest BCUT2D eigenvalue weighted by Gasteiger charge is 2.51. The van der Waals surface area contributed by atoms with E-state index in [-0.39, 0.29) is 11.3 Å². The number of amides is 1. The van der Waals surface area contributed by atoms with E-state index in [4.69, 9.17) is 5.73 Å². The van der Waals surface area contributed by atoms with Crippen molar-refractivity contribution < 1.29 is 4.79 Å². The molecule has 5 heteroatoms. The van der Waals surface area contributed by atoms with Crippen molar-refractivity contribution in [2.24, 2.45) is 0 Å². The number of anilines is 2. The molecular formula is C13H14N4O. The maximum absolute atomic E-state index is 12.3. The average molecular weight is 242 g/mol. The van der Waals surface area contributed by atoms with Crippen LogP contribution in [-0.4, -0.2) is 16.1 Å². The molecule has 1 saturated carbocycles. The van der Waals surface area contributed by atoms with Crippen LogP contribution in [0.15, 0.2) is 36.7 Å². The predicted octanol–water partition coefficient (Wildman–Crippen LogP) is 1.66. The van der Waals surface area contributed by atoms with Crippen LogP contribution < -0.4 is 11.1 Å². The van der Waals surface area contributed by atoms with Gasteiger partial charge in [0.25, 0.3) is 0 Å². The van der Waals surface area contributed by atoms with E-state index in [1.165, 1.54) is 0 Å². The van der Waals surface area contributed by atoms with Gasteiger partial charge in [-0.1, -0.05) is 12.1 Å². The molecule has 0 spiro atoms. The summed E-state index contributed by atoms with van der Waals surface area (Å²) in [5.74, 6) is 0.0219. The van der Waals surface area contributed by atoms with Crippen molar-refractivity contribution in [2.75, 3.05) is 11.1 Å². The minimum atomic E-state index is -0.384. The summed E-state index contributed by atoms with van der Waals surface area (Å²) in [7, 11) is 0. The third-order valence-corrected chi connectivity index (χ3v) is 3.40. The number of nitrogens with two attached hydrogens (primary N) is 1. The quantitative estimate of drug-likeness (QED) is 0.716. The van der Waals surface area contributed by atoms with E-state index in [2.05, 4.69) is 15.5 Å². The smallest absolute Gasteiger partial charge is 0.235 e. The molecule has 0 unspecified atom stereocenters. The van der Waals surface area contributed by atoms with E-state index < -0.39 is 0 Å². The lowest BCUT2D eigenvalue weighted by molar-refractivity contribution is -0.118. The molecule has 1 aromatic carbocycles. The summed E-state index contributed by atoms with van der Waals surface area (Å²) in [6.45, 7) is 0. The van der Waals surface area contributed by atoms with Crippen molar-refractivity contribution >= 4 is 17.3 Å². The SMILES string of the molecule is Nc1ccc(C2(C(=O)Nc3cn[nH]c3)CC2)cc1. The van der Waals surface area contributed by atoms with E-state index in [1.807, 2.05) is 24.3 Å². The van der Waals surface area contributed by atoms with Gasteiger partial charge >= 0.3 is 0 Å². The molecule has 5 nitrogen and oxygen atoms in total. The van der Waals surface area contributed by atoms with Gasteiger partial charge in [-0.15, -0.1) is 0 Å². The van der Waals surface area contributed by atoms with Crippen LogP contribution in [0.5, 0.6) is 0 Å². The average Bonchev–Trinajstić information content (AvgIpc) is 3.03. The third-order valence-electron chi connectivity index (χ3n) is 3.40. The highest BCUT2D eigenvalue weighted by molar-refractivity contribution is 6.01. The Morgan fingerprint density at radius 3 is 2.61 bits per heavy atom. The normalized spacial score (nSPS) is 16.2. The lowest BCUT2D eigenvalue weighted by Gasteiger charge is -2.15. The van der Waals surface area contributed by atoms with Crippen molar-refractivity contribution in [2.45, 2.75) is 18.3 Å². The van der Waals surface area contributed by atoms with E-state index in [0.29, 0.717) is 11.4 Å². The summed E-state index contributed by atoms with van der Waals surface area (Å²) >= 11 is 0. The second kappa shape index (κ2) is 3.87. The zero-order valence-corrected chi connectivity index (χ0v) is 9.81. The number of aromatic nitrogens is 2. The number of carbonyl (C=O) groups excluding carboxylic acids is 1. The van der Waals surface area contributed by atoms with Gasteiger partial charge in [0, 0.05) is 11.9 Å². The molecular weight excluding hydrogens is 228 g/mol. The molecule has 0 atom stereocenters. The van der Waals surface area contributed by atoms with Crippen LogP contribution in [0.1, 0.15) is 18.4 Å². The fraction of sp³-hybridized carbons (Fsp3) is 0.231. The van der Waals surface area contributed by atoms with Crippen molar-refractivity contribution in [3.05, 3.63) is 42.2 Å². The first-order chi connectivity index (χ1) is 8.71. The summed E-state index contributed by atoms with van der Waals surface area (Å²) in [5, 5.41) is 9.35. The molecule has 2 aromatic rings. The van der Waals surface area contributed by atoms with Gasteiger partial charge in [0.2, 0.25) is 5.91 Å². The van der Waals surface area contributed by atoms with Gasteiger partial charge in [0.15, 0.2) is 0 Å². The molecule has 1 aliphatic rings. The number of carbonyl (C=O) groups is 1. The van der Waals surface area contributed by atoms with Crippen LogP contribution in [-0.2, 0) is 10.2 Å². The molecule has 18 heavy (non-hydrogen) atoms. The molecule has 0 saturated heterocycles. The first-order valence-corrected chi connectivity index (χ1v) is 5.87. The van der Waals surface area contributed by atoms with Gasteiger partial charge in [0.05, 0.1) is 17.3 Å². The number of nitrogen functional groups attached to an aromatic ring is 1. The topological polar surface area (TPSA) is 83.8 Å². The molecule has 1 amide bonds. The van der Waals surface area contributed by atoms with Crippen LogP contribution in [0, 0.1) is 0 Å². The Kier molecular flexibility index (Phi) is 2.33. The molecule has 92 valence electrons. The minimum absolute atomic E-state index is 0.0219. The van der Waals surface area contributed by atoms with Crippen LogP contribution >= 0.6 is 0 Å². The van der Waals surface area contributed by atoms with Crippen LogP contribution in [0.25, 0.3) is 0 Å². The number of rotatable bonds is 3. The Bertz CT molecular complexity index is 555. The Hall–Kier alpha value is -2.30. The van der Waals surface area contributed by atoms with Gasteiger partial charge in [-0.2, -0.15) is 5.10 Å². The maximum Gasteiger partial charge on any atom is 0.235 e. The molecule has 1 heterocycles. The molecule has 3 rings (SSSR count). The molecule has 1 aliphatic carbocycles. The predicted molar refractivity (Wildman–Crippen MR) is 69.0 cm³/mol. The summed E-state index contributed by atoms with van der Waals surface area (Å²) in [6, 6.07) is 7.52. The third kappa shape index (κ3) is 1.73. The second-order valence-corrected chi connectivity index (χ2v) is 4.65. The number of hydrogen-bond acceptors (Lipinski definition) is 3. The Labute approximate surface area is 104 Å². The first-order valence-electron chi connectivity index (χ1n) is 5.87. The fourth-order valence-electron chi connectivity index (χ4n) is 2.14. The Morgan fingerprint density at radius 2 is 2.06 bits per heavy atom. The highest BCUT2D eigenvalue weighted by Crippen LogP contribution is 2.49. The molecule has 0 radical (unpaired) electrons. The van der Waals surface area contributed by atoms with Crippen molar-refractivity contribution in [3.63, 3.8) is 0 Å². The summed E-state index contributed by atoms with van der Waals surface area (Å²) in [5.41, 5.74) is 7.71. The largest absolute Gasteiger partial charge is 0.399 e. The van der Waals surface area contributed by atoms with Gasteiger partial charge in [-0.3, -0.25) is 9.89 Å². The summed E-state index contributed by atoms with van der Waals surface area (Å²) in [6.07, 6.45) is 5.01. The number of hydrogen-bond donors (Lipinski definition) is 3. The monoisotopic (exact) mass is 242 g/mol. The van der Waals surface area contributed by atoms with Gasteiger partial charge in [-0.25, -0.2) is 0 Å². The van der Waals surface area contributed by atoms with Crippen LogP contribution in [0.3, 0.4) is 0 Å². The first kappa shape index (κ1) is 10.8. The molecule has 0 bridgehead atoms. The number of nitrogens with zero attached hydrogens (tertiary/aromatic N) is 1. The Morgan fingerprint density at radius 1 is 1.33 bits per heavy atom. The second-order valence-electron chi connectivity index (χ2n) is 4.65. The van der Waals surface area contributed by atoms with E-state index >= 15 is 0 Å². The zero-order valence-electron chi connectivity index (χ0n) is 9.81. The van der Waals surface area contributed by atoms with Gasteiger partial charge in [-0.05, 0) is 30.5 Å². The summed E-state index contributed by atoms with van der Waals surface area (Å²) in [4.78, 5) is 12.3. The van der Waals surface area contributed by atoms with E-state index in [0.717, 1.165) is 18.4 Å². The van der Waals surface area contributed by atoms with Gasteiger partial charge in [0.1, 0.15) is 0 Å². The number of aromatic amines is 1. The van der Waals surface area contributed by atoms with Crippen LogP contribution in [0.4, 0.5) is 11.4 Å². The standard InChI is InChI=1S/C13H14N4O/c14-10-3-1-9(2-4-10)13(5-6-13)12(18)17-11-7-15-16-8-11/h1-4,7-8H,5-6,14H2,(H,15,16)(H,17,18). The minimum Gasteiger partial charge on any atom is -0.399 e. The fourth-order valence-corrected chi connectivity index (χ4v) is 2.14.